The van der Waals surface area contributed by atoms with E-state index in [9.17, 15) is 5.11 Å². The topological polar surface area (TPSA) is 20.2 Å². The first-order chi connectivity index (χ1) is 9.13. The molecule has 2 heteroatoms. The van der Waals surface area contributed by atoms with Crippen molar-refractivity contribution in [3.63, 3.8) is 0 Å². The summed E-state index contributed by atoms with van der Waals surface area (Å²) in [6.07, 6.45) is 1.57. The van der Waals surface area contributed by atoms with Crippen LogP contribution in [0.25, 0.3) is 0 Å². The first-order valence-corrected chi connectivity index (χ1v) is 7.79. The fourth-order valence-electron chi connectivity index (χ4n) is 3.52. The first kappa shape index (κ1) is 12.9. The maximum atomic E-state index is 10.5. The van der Waals surface area contributed by atoms with E-state index in [1.165, 1.54) is 32.0 Å². The molecule has 1 aliphatic carbocycles. The van der Waals surface area contributed by atoms with Gasteiger partial charge in [0.25, 0.3) is 0 Å². The number of aliphatic hydroxyl groups excluding tert-OH is 1. The number of aryl methyl sites for hydroxylation is 2. The zero-order valence-corrected chi connectivity index (χ0v) is 12.6. The minimum absolute atomic E-state index is 0.177. The molecule has 2 aromatic rings. The van der Waals surface area contributed by atoms with Crippen LogP contribution in [0.2, 0.25) is 0 Å². The fraction of sp³-hybridized carbons (Fsp3) is 0.412. The van der Waals surface area contributed by atoms with Crippen LogP contribution in [0, 0.1) is 13.8 Å². The van der Waals surface area contributed by atoms with E-state index in [0.717, 1.165) is 12.8 Å². The van der Waals surface area contributed by atoms with Crippen LogP contribution in [-0.2, 0) is 12.8 Å². The second-order valence-electron chi connectivity index (χ2n) is 5.41. The van der Waals surface area contributed by atoms with Gasteiger partial charge in [0.2, 0.25) is 0 Å². The van der Waals surface area contributed by atoms with Crippen molar-refractivity contribution in [2.45, 2.75) is 45.6 Å². The zero-order chi connectivity index (χ0) is 13.6. The van der Waals surface area contributed by atoms with E-state index >= 15 is 0 Å². The molecule has 2 atom stereocenters. The van der Waals surface area contributed by atoms with E-state index in [-0.39, 0.29) is 12.0 Å². The quantitative estimate of drug-likeness (QED) is 0.877. The van der Waals surface area contributed by atoms with Gasteiger partial charge in [-0.05, 0) is 48.9 Å². The number of benzene rings is 1. The average Bonchev–Trinajstić information content (AvgIpc) is 2.84. The van der Waals surface area contributed by atoms with Crippen LogP contribution < -0.4 is 0 Å². The molecule has 1 N–H and O–H groups in total. The third-order valence-electron chi connectivity index (χ3n) is 4.30. The van der Waals surface area contributed by atoms with Crippen molar-refractivity contribution in [3.8, 4) is 0 Å². The molecule has 0 bridgehead atoms. The molecular weight excluding hydrogens is 252 g/mol. The number of fused-ring (bicyclic) bond motifs is 1. The van der Waals surface area contributed by atoms with Crippen molar-refractivity contribution >= 4 is 11.3 Å². The summed E-state index contributed by atoms with van der Waals surface area (Å²) in [7, 11) is 0. The number of hydrogen-bond acceptors (Lipinski definition) is 2. The fourth-order valence-corrected chi connectivity index (χ4v) is 4.71. The smallest absolute Gasteiger partial charge is 0.0690 e. The predicted molar refractivity (Wildman–Crippen MR) is 81.2 cm³/mol. The molecule has 1 aromatic carbocycles. The number of hydrogen-bond donors (Lipinski definition) is 1. The van der Waals surface area contributed by atoms with Crippen LogP contribution in [0.1, 0.15) is 44.8 Å². The molecule has 0 unspecified atom stereocenters. The summed E-state index contributed by atoms with van der Waals surface area (Å²) in [6.45, 7) is 6.61. The summed E-state index contributed by atoms with van der Waals surface area (Å²) >= 11 is 1.87. The molecule has 1 nitrogen and oxygen atoms in total. The maximum Gasteiger partial charge on any atom is 0.0690 e. The van der Waals surface area contributed by atoms with Gasteiger partial charge in [0.05, 0.1) is 6.10 Å². The lowest BCUT2D eigenvalue weighted by atomic mass is 9.87. The van der Waals surface area contributed by atoms with E-state index in [0.29, 0.717) is 0 Å². The highest BCUT2D eigenvalue weighted by Crippen LogP contribution is 2.44. The minimum Gasteiger partial charge on any atom is -0.392 e. The number of thiophene rings is 1. The van der Waals surface area contributed by atoms with E-state index < -0.39 is 0 Å². The van der Waals surface area contributed by atoms with E-state index in [2.05, 4.69) is 45.0 Å². The van der Waals surface area contributed by atoms with Gasteiger partial charge >= 0.3 is 0 Å². The van der Waals surface area contributed by atoms with Crippen LogP contribution in [0.15, 0.2) is 24.3 Å². The zero-order valence-electron chi connectivity index (χ0n) is 11.7. The van der Waals surface area contributed by atoms with Gasteiger partial charge < -0.3 is 5.11 Å². The van der Waals surface area contributed by atoms with E-state index in [4.69, 9.17) is 0 Å². The molecule has 0 fully saturated rings. The third kappa shape index (κ3) is 1.94. The van der Waals surface area contributed by atoms with Gasteiger partial charge in [-0.1, -0.05) is 31.2 Å². The molecule has 0 radical (unpaired) electrons. The molecule has 1 heterocycles. The molecule has 0 aliphatic heterocycles. The van der Waals surface area contributed by atoms with Gasteiger partial charge in [-0.25, -0.2) is 0 Å². The van der Waals surface area contributed by atoms with Crippen molar-refractivity contribution in [1.29, 1.82) is 0 Å². The summed E-state index contributed by atoms with van der Waals surface area (Å²) in [5.41, 5.74) is 5.47. The van der Waals surface area contributed by atoms with Crippen LogP contribution in [0.4, 0.5) is 0 Å². The van der Waals surface area contributed by atoms with Crippen molar-refractivity contribution in [1.82, 2.24) is 0 Å². The van der Waals surface area contributed by atoms with Crippen molar-refractivity contribution < 1.29 is 5.11 Å². The minimum atomic E-state index is -0.268. The lowest BCUT2D eigenvalue weighted by molar-refractivity contribution is 0.169. The standard InChI is InChI=1S/C17H20OS/c1-4-13-10(2)19-11(3)16(13)17-14-8-6-5-7-12(14)9-15(17)18/h5-8,15,17-18H,4,9H2,1-3H3/t15-,17-/m0/s1. The lowest BCUT2D eigenvalue weighted by Gasteiger charge is -2.18. The van der Waals surface area contributed by atoms with Gasteiger partial charge in [-0.3, -0.25) is 0 Å². The highest BCUT2D eigenvalue weighted by atomic mass is 32.1. The molecule has 1 aromatic heterocycles. The summed E-state index contributed by atoms with van der Waals surface area (Å²) in [5.74, 6) is 0.177. The Balaban J connectivity index is 2.17. The van der Waals surface area contributed by atoms with Gasteiger partial charge in [-0.2, -0.15) is 0 Å². The predicted octanol–water partition coefficient (Wildman–Crippen LogP) is 3.98. The van der Waals surface area contributed by atoms with Gasteiger partial charge in [0.15, 0.2) is 0 Å². The molecule has 0 spiro atoms. The van der Waals surface area contributed by atoms with Crippen LogP contribution in [0.5, 0.6) is 0 Å². The number of aliphatic hydroxyl groups is 1. The van der Waals surface area contributed by atoms with Crippen LogP contribution in [0.3, 0.4) is 0 Å². The molecule has 19 heavy (non-hydrogen) atoms. The molecular formula is C17H20OS. The Hall–Kier alpha value is -1.12. The normalized spacial score (nSPS) is 21.7. The maximum absolute atomic E-state index is 10.5. The Morgan fingerprint density at radius 3 is 2.68 bits per heavy atom. The Kier molecular flexibility index (Phi) is 3.23. The molecule has 0 saturated carbocycles. The van der Waals surface area contributed by atoms with Crippen molar-refractivity contribution in [3.05, 3.63) is 56.3 Å². The average molecular weight is 272 g/mol. The highest BCUT2D eigenvalue weighted by molar-refractivity contribution is 7.12. The molecule has 0 amide bonds. The molecule has 1 aliphatic rings. The second-order valence-corrected chi connectivity index (χ2v) is 6.84. The Labute approximate surface area is 118 Å². The highest BCUT2D eigenvalue weighted by Gasteiger charge is 2.35. The largest absolute Gasteiger partial charge is 0.392 e. The van der Waals surface area contributed by atoms with Gasteiger partial charge in [0, 0.05) is 15.7 Å². The second kappa shape index (κ2) is 4.77. The third-order valence-corrected chi connectivity index (χ3v) is 5.38. The van der Waals surface area contributed by atoms with Crippen LogP contribution in [-0.4, -0.2) is 11.2 Å². The molecule has 100 valence electrons. The van der Waals surface area contributed by atoms with Gasteiger partial charge in [-0.15, -0.1) is 11.3 Å². The molecule has 0 saturated heterocycles. The molecule has 3 rings (SSSR count). The Morgan fingerprint density at radius 2 is 1.95 bits per heavy atom. The lowest BCUT2D eigenvalue weighted by Crippen LogP contribution is -2.16. The summed E-state index contributed by atoms with van der Waals surface area (Å²) < 4.78 is 0. The van der Waals surface area contributed by atoms with E-state index in [1.54, 1.807) is 0 Å². The Morgan fingerprint density at radius 1 is 1.21 bits per heavy atom. The van der Waals surface area contributed by atoms with E-state index in [1.807, 2.05) is 11.3 Å². The number of rotatable bonds is 2. The summed E-state index contributed by atoms with van der Waals surface area (Å²) in [5, 5.41) is 10.5. The SMILES string of the molecule is CCc1c(C)sc(C)c1[C@H]1c2ccccc2C[C@@H]1O. The van der Waals surface area contributed by atoms with Gasteiger partial charge in [0.1, 0.15) is 0 Å². The van der Waals surface area contributed by atoms with Crippen molar-refractivity contribution in [2.24, 2.45) is 0 Å². The summed E-state index contributed by atoms with van der Waals surface area (Å²) in [6, 6.07) is 8.49. The Bertz CT molecular complexity index is 612. The summed E-state index contributed by atoms with van der Waals surface area (Å²) in [4.78, 5) is 2.78. The van der Waals surface area contributed by atoms with Crippen LogP contribution >= 0.6 is 11.3 Å². The monoisotopic (exact) mass is 272 g/mol. The first-order valence-electron chi connectivity index (χ1n) is 6.98. The van der Waals surface area contributed by atoms with Crippen molar-refractivity contribution in [2.75, 3.05) is 0 Å².